The lowest BCUT2D eigenvalue weighted by Crippen LogP contribution is -2.02. The predicted octanol–water partition coefficient (Wildman–Crippen LogP) is 4.55. The molecule has 19 heavy (non-hydrogen) atoms. The summed E-state index contributed by atoms with van der Waals surface area (Å²) < 4.78 is 13.3. The minimum absolute atomic E-state index is 0.129. The first-order valence-electron chi connectivity index (χ1n) is 4.94. The summed E-state index contributed by atoms with van der Waals surface area (Å²) in [4.78, 5) is 14.7. The zero-order valence-corrected chi connectivity index (χ0v) is 11.4. The minimum Gasteiger partial charge on any atom is -0.478 e. The Labute approximate surface area is 122 Å². The van der Waals surface area contributed by atoms with E-state index in [0.29, 0.717) is 5.56 Å². The van der Waals surface area contributed by atoms with Gasteiger partial charge in [-0.05, 0) is 18.2 Å². The molecule has 0 amide bonds. The van der Waals surface area contributed by atoms with Crippen molar-refractivity contribution in [1.82, 2.24) is 4.98 Å². The summed E-state index contributed by atoms with van der Waals surface area (Å²) in [5, 5.41) is 9.38. The number of carboxylic acids is 1. The van der Waals surface area contributed by atoms with E-state index < -0.39 is 17.3 Å². The molecule has 0 bridgehead atoms. The quantitative estimate of drug-likeness (QED) is 0.826. The molecule has 0 saturated carbocycles. The van der Waals surface area contributed by atoms with Crippen LogP contribution in [0, 0.1) is 5.82 Å². The summed E-state index contributed by atoms with van der Waals surface area (Å²) in [5.74, 6) is -2.32. The number of benzene rings is 1. The van der Waals surface area contributed by atoms with E-state index >= 15 is 0 Å². The molecule has 0 unspecified atom stereocenters. The second kappa shape index (κ2) is 5.33. The first kappa shape index (κ1) is 14.1. The number of nitrogens with zero attached hydrogens (tertiary/aromatic N) is 1. The molecule has 1 heterocycles. The molecule has 2 aromatic rings. The Morgan fingerprint density at radius 1 is 1.21 bits per heavy atom. The Kier molecular flexibility index (Phi) is 3.94. The first-order valence-corrected chi connectivity index (χ1v) is 6.08. The summed E-state index contributed by atoms with van der Waals surface area (Å²) in [6, 6.07) is 4.11. The van der Waals surface area contributed by atoms with Crippen molar-refractivity contribution in [2.45, 2.75) is 0 Å². The van der Waals surface area contributed by atoms with Gasteiger partial charge in [-0.15, -0.1) is 0 Å². The molecule has 0 radical (unpaired) electrons. The van der Waals surface area contributed by atoms with Crippen LogP contribution >= 0.6 is 34.8 Å². The van der Waals surface area contributed by atoms with Crippen LogP contribution in [0.15, 0.2) is 24.4 Å². The second-order valence-corrected chi connectivity index (χ2v) is 4.74. The van der Waals surface area contributed by atoms with E-state index in [9.17, 15) is 9.18 Å². The number of pyridine rings is 1. The zero-order valence-electron chi connectivity index (χ0n) is 9.12. The summed E-state index contributed by atoms with van der Waals surface area (Å²) in [5.41, 5.74) is 0.0769. The van der Waals surface area contributed by atoms with Crippen LogP contribution in [0.4, 0.5) is 4.39 Å². The van der Waals surface area contributed by atoms with Crippen molar-refractivity contribution in [3.05, 3.63) is 50.8 Å². The van der Waals surface area contributed by atoms with Crippen LogP contribution in [0.25, 0.3) is 11.3 Å². The number of carboxylic acid groups (broad SMARTS) is 1. The number of carbonyl (C=O) groups is 1. The number of hydrogen-bond acceptors (Lipinski definition) is 2. The van der Waals surface area contributed by atoms with E-state index in [0.717, 1.165) is 12.3 Å². The molecule has 0 aliphatic carbocycles. The maximum Gasteiger partial charge on any atom is 0.338 e. The summed E-state index contributed by atoms with van der Waals surface area (Å²) >= 11 is 17.7. The standard InChI is InChI=1S/C12H5Cl3FNO2/c13-7-2-1-5(10(14)11(7)15)9-3-6(12(18)19)8(16)4-17-9/h1-4H,(H,18,19). The van der Waals surface area contributed by atoms with Crippen LogP contribution in [0.2, 0.25) is 15.1 Å². The van der Waals surface area contributed by atoms with Crippen molar-refractivity contribution in [3.63, 3.8) is 0 Å². The van der Waals surface area contributed by atoms with Crippen molar-refractivity contribution >= 4 is 40.8 Å². The lowest BCUT2D eigenvalue weighted by Gasteiger charge is -2.07. The molecule has 0 aliphatic rings. The number of aromatic carboxylic acids is 1. The SMILES string of the molecule is O=C(O)c1cc(-c2ccc(Cl)c(Cl)c2Cl)ncc1F. The van der Waals surface area contributed by atoms with Crippen LogP contribution < -0.4 is 0 Å². The van der Waals surface area contributed by atoms with Gasteiger partial charge in [0.1, 0.15) is 0 Å². The third-order valence-electron chi connectivity index (χ3n) is 2.40. The van der Waals surface area contributed by atoms with E-state index in [-0.39, 0.29) is 20.8 Å². The molecule has 3 nitrogen and oxygen atoms in total. The highest BCUT2D eigenvalue weighted by atomic mass is 35.5. The highest BCUT2D eigenvalue weighted by Crippen LogP contribution is 2.37. The number of aromatic nitrogens is 1. The van der Waals surface area contributed by atoms with Crippen molar-refractivity contribution in [3.8, 4) is 11.3 Å². The fourth-order valence-corrected chi connectivity index (χ4v) is 2.11. The molecule has 1 aromatic heterocycles. The highest BCUT2D eigenvalue weighted by molar-refractivity contribution is 6.49. The molecule has 0 fully saturated rings. The van der Waals surface area contributed by atoms with Gasteiger partial charge in [0.2, 0.25) is 0 Å². The van der Waals surface area contributed by atoms with Crippen molar-refractivity contribution in [2.24, 2.45) is 0 Å². The van der Waals surface area contributed by atoms with Gasteiger partial charge in [-0.2, -0.15) is 0 Å². The topological polar surface area (TPSA) is 50.2 Å². The highest BCUT2D eigenvalue weighted by Gasteiger charge is 2.16. The number of hydrogen-bond donors (Lipinski definition) is 1. The van der Waals surface area contributed by atoms with Gasteiger partial charge >= 0.3 is 5.97 Å². The molecular formula is C12H5Cl3FNO2. The van der Waals surface area contributed by atoms with E-state index in [2.05, 4.69) is 4.98 Å². The predicted molar refractivity (Wildman–Crippen MR) is 71.6 cm³/mol. The third kappa shape index (κ3) is 2.66. The largest absolute Gasteiger partial charge is 0.478 e. The van der Waals surface area contributed by atoms with E-state index in [1.807, 2.05) is 0 Å². The zero-order chi connectivity index (χ0) is 14.2. The second-order valence-electron chi connectivity index (χ2n) is 3.58. The van der Waals surface area contributed by atoms with Crippen LogP contribution in [0.3, 0.4) is 0 Å². The molecule has 0 atom stereocenters. The van der Waals surface area contributed by atoms with Gasteiger partial charge in [-0.1, -0.05) is 34.8 Å². The summed E-state index contributed by atoms with van der Waals surface area (Å²) in [7, 11) is 0. The minimum atomic E-state index is -1.39. The van der Waals surface area contributed by atoms with Gasteiger partial charge in [-0.25, -0.2) is 9.18 Å². The van der Waals surface area contributed by atoms with Crippen LogP contribution in [0.5, 0.6) is 0 Å². The molecule has 0 saturated heterocycles. The van der Waals surface area contributed by atoms with Crippen LogP contribution in [-0.2, 0) is 0 Å². The van der Waals surface area contributed by atoms with Gasteiger partial charge < -0.3 is 5.11 Å². The number of rotatable bonds is 2. The molecule has 98 valence electrons. The Bertz CT molecular complexity index is 676. The smallest absolute Gasteiger partial charge is 0.338 e. The number of halogens is 4. The molecule has 2 rings (SSSR count). The Balaban J connectivity index is 2.63. The average molecular weight is 321 g/mol. The van der Waals surface area contributed by atoms with Gasteiger partial charge in [0.25, 0.3) is 0 Å². The van der Waals surface area contributed by atoms with Crippen molar-refractivity contribution in [1.29, 1.82) is 0 Å². The van der Waals surface area contributed by atoms with Crippen LogP contribution in [-0.4, -0.2) is 16.1 Å². The fourth-order valence-electron chi connectivity index (χ4n) is 1.47. The maximum atomic E-state index is 13.3. The van der Waals surface area contributed by atoms with Crippen LogP contribution in [0.1, 0.15) is 10.4 Å². The van der Waals surface area contributed by atoms with E-state index in [1.165, 1.54) is 12.1 Å². The summed E-state index contributed by atoms with van der Waals surface area (Å²) in [6.07, 6.45) is 0.817. The Hall–Kier alpha value is -1.36. The Morgan fingerprint density at radius 3 is 2.53 bits per heavy atom. The van der Waals surface area contributed by atoms with Gasteiger partial charge in [-0.3, -0.25) is 4.98 Å². The monoisotopic (exact) mass is 319 g/mol. The van der Waals surface area contributed by atoms with E-state index in [4.69, 9.17) is 39.9 Å². The molecular weight excluding hydrogens is 315 g/mol. The van der Waals surface area contributed by atoms with Crippen molar-refractivity contribution < 1.29 is 14.3 Å². The third-order valence-corrected chi connectivity index (χ3v) is 3.69. The molecule has 7 heteroatoms. The normalized spacial score (nSPS) is 10.5. The summed E-state index contributed by atoms with van der Waals surface area (Å²) in [6.45, 7) is 0. The molecule has 0 spiro atoms. The van der Waals surface area contributed by atoms with Gasteiger partial charge in [0.05, 0.1) is 32.5 Å². The first-order chi connectivity index (χ1) is 8.91. The lowest BCUT2D eigenvalue weighted by atomic mass is 10.1. The molecule has 1 aromatic carbocycles. The van der Waals surface area contributed by atoms with E-state index in [1.54, 1.807) is 0 Å². The maximum absolute atomic E-state index is 13.3. The molecule has 1 N–H and O–H groups in total. The van der Waals surface area contributed by atoms with Gasteiger partial charge in [0, 0.05) is 5.56 Å². The fraction of sp³-hybridized carbons (Fsp3) is 0. The van der Waals surface area contributed by atoms with Crippen molar-refractivity contribution in [2.75, 3.05) is 0 Å². The van der Waals surface area contributed by atoms with Gasteiger partial charge in [0.15, 0.2) is 5.82 Å². The lowest BCUT2D eigenvalue weighted by molar-refractivity contribution is 0.0691. The molecule has 0 aliphatic heterocycles. The average Bonchev–Trinajstić information content (AvgIpc) is 2.37. The Morgan fingerprint density at radius 2 is 1.89 bits per heavy atom.